The maximum absolute atomic E-state index is 13.9. The van der Waals surface area contributed by atoms with Crippen LogP contribution in [0, 0.1) is 47.1 Å². The molecule has 15 rings (SSSR count). The normalized spacial score (nSPS) is 26.6. The summed E-state index contributed by atoms with van der Waals surface area (Å²) in [4.78, 5) is 24.3. The molecule has 5 aliphatic heterocycles. The van der Waals surface area contributed by atoms with E-state index in [4.69, 9.17) is 35.3 Å². The molecule has 5 saturated carbocycles. The molecule has 6 atom stereocenters. The van der Waals surface area contributed by atoms with Gasteiger partial charge in [0.1, 0.15) is 28.9 Å². The first-order valence-electron chi connectivity index (χ1n) is 40.1. The van der Waals surface area contributed by atoms with Crippen LogP contribution in [0.4, 0.5) is 26.7 Å². The third-order valence-corrected chi connectivity index (χ3v) is 26.7. The number of carbonyl (C=O) groups is 1. The van der Waals surface area contributed by atoms with Crippen molar-refractivity contribution in [1.29, 1.82) is 0 Å². The Morgan fingerprint density at radius 1 is 0.519 bits per heavy atom. The number of nitrogens with zero attached hydrogens (tertiary/aromatic N) is 5. The Kier molecular flexibility index (Phi) is 27.5. The molecule has 5 heterocycles. The van der Waals surface area contributed by atoms with E-state index in [1.54, 1.807) is 45.6 Å². The SMILES string of the molecule is CCCC1CCC(N2CCC(c3cc(Cl)ccc3OC)CC2)CC1.CCOC(=O)N1CCC(CN2CCC(OC)(c3cc(F)ccc3OC)CC2)CC1.COc1ccc(C(F)(F)F)cc1C1CCN(C2C[C@H]3CCC2C3)CC1.Fc1ccc(-c2ccccc2C2CCN([C@H]3C[C@H]4CCC3C4)CC2)cc1. The highest BCUT2D eigenvalue weighted by Gasteiger charge is 2.46. The van der Waals surface area contributed by atoms with Crippen molar-refractivity contribution < 1.29 is 50.4 Å². The molecule has 10 fully saturated rings. The average molecular weight is 1460 g/mol. The molecule has 4 bridgehead atoms. The predicted octanol–water partition coefficient (Wildman–Crippen LogP) is 20.5. The van der Waals surface area contributed by atoms with Crippen LogP contribution in [-0.4, -0.2) is 156 Å². The third kappa shape index (κ3) is 19.3. The van der Waals surface area contributed by atoms with E-state index in [1.807, 2.05) is 36.1 Å². The highest BCUT2D eigenvalue weighted by atomic mass is 35.5. The second kappa shape index (κ2) is 36.6. The van der Waals surface area contributed by atoms with E-state index in [2.05, 4.69) is 56.9 Å². The first kappa shape index (κ1) is 78.1. The van der Waals surface area contributed by atoms with Gasteiger partial charge in [0.25, 0.3) is 0 Å². The van der Waals surface area contributed by atoms with Crippen molar-refractivity contribution in [3.8, 4) is 28.4 Å². The maximum Gasteiger partial charge on any atom is 0.416 e. The van der Waals surface area contributed by atoms with E-state index in [9.17, 15) is 26.7 Å². The van der Waals surface area contributed by atoms with Crippen molar-refractivity contribution in [1.82, 2.24) is 24.5 Å². The predicted molar refractivity (Wildman–Crippen MR) is 406 cm³/mol. The number of hydrogen-bond acceptors (Lipinski definition) is 10. The topological polar surface area (TPSA) is 79.4 Å². The van der Waals surface area contributed by atoms with Crippen LogP contribution in [0.25, 0.3) is 11.1 Å². The van der Waals surface area contributed by atoms with Gasteiger partial charge in [-0.05, 0) is 322 Å². The van der Waals surface area contributed by atoms with E-state index in [1.165, 1.54) is 184 Å². The zero-order valence-corrected chi connectivity index (χ0v) is 63.9. The number of piperidine rings is 5. The first-order chi connectivity index (χ1) is 50.4. The molecule has 0 spiro atoms. The van der Waals surface area contributed by atoms with Crippen molar-refractivity contribution >= 4 is 17.7 Å². The molecule has 5 aliphatic carbocycles. The second-order valence-electron chi connectivity index (χ2n) is 32.3. The molecule has 10 aliphatic rings. The lowest BCUT2D eigenvalue weighted by Gasteiger charge is -2.43. The summed E-state index contributed by atoms with van der Waals surface area (Å²) in [5, 5.41) is 0.822. The molecule has 5 aromatic rings. The molecule has 1 amide bonds. The Morgan fingerprint density at radius 2 is 1.05 bits per heavy atom. The number of hydrogen-bond donors (Lipinski definition) is 0. The molecule has 570 valence electrons. The minimum absolute atomic E-state index is 0.159. The van der Waals surface area contributed by atoms with Crippen LogP contribution in [0.3, 0.4) is 0 Å². The fraction of sp³-hybridized carbons (Fsp3) is 0.644. The number of amides is 1. The number of ether oxygens (including phenoxy) is 5. The number of benzene rings is 5. The lowest BCUT2D eigenvalue weighted by molar-refractivity contribution is -0.137. The number of fused-ring (bicyclic) bond motifs is 4. The van der Waals surface area contributed by atoms with Gasteiger partial charge in [0.15, 0.2) is 0 Å². The minimum Gasteiger partial charge on any atom is -0.496 e. The van der Waals surface area contributed by atoms with E-state index in [0.29, 0.717) is 35.9 Å². The Labute approximate surface area is 623 Å². The second-order valence-corrected chi connectivity index (χ2v) is 32.7. The van der Waals surface area contributed by atoms with Gasteiger partial charge in [-0.15, -0.1) is 0 Å². The number of rotatable bonds is 17. The van der Waals surface area contributed by atoms with Crippen LogP contribution >= 0.6 is 11.6 Å². The maximum atomic E-state index is 13.9. The van der Waals surface area contributed by atoms with Gasteiger partial charge in [-0.25, -0.2) is 13.6 Å². The van der Waals surface area contributed by atoms with Crippen molar-refractivity contribution in [2.75, 3.05) is 107 Å². The summed E-state index contributed by atoms with van der Waals surface area (Å²) in [5.41, 5.74) is 5.61. The van der Waals surface area contributed by atoms with Gasteiger partial charge in [-0.2, -0.15) is 13.2 Å². The van der Waals surface area contributed by atoms with E-state index >= 15 is 0 Å². The number of likely N-dealkylation sites (tertiary alicyclic amines) is 5. The highest BCUT2D eigenvalue weighted by molar-refractivity contribution is 6.30. The molecule has 5 saturated heterocycles. The molecular formula is C87H119ClF5N5O6. The molecule has 5 aromatic carbocycles. The fourth-order valence-electron chi connectivity index (χ4n) is 20.8. The molecule has 104 heavy (non-hydrogen) atoms. The molecule has 0 N–H and O–H groups in total. The summed E-state index contributed by atoms with van der Waals surface area (Å²) in [6.45, 7) is 15.9. The highest BCUT2D eigenvalue weighted by Crippen LogP contribution is 2.51. The standard InChI is InChI=1S/C24H28FN.C22H33FN2O4.C21H32ClNO.C20H26F3NO/c25-21-9-7-18(8-10-21)22-3-1-2-4-23(22)19-11-13-26(14-12-19)24-16-17-5-6-20(24)15-17;1-4-29-21(26)25-11-7-17(8-12-25)16-24-13-9-22(28-3,10-14-24)19-15-18(23)5-6-20(19)27-2;1-3-4-16-5-8-19(9-6-16)23-13-11-17(12-14-23)20-15-18(22)7-10-21(20)24-2;1-25-19-5-4-16(20(21,22)23)12-17(19)14-6-8-24(9-7-14)18-11-13-2-3-15(18)10-13/h1-4,7-10,17,19-20,24H,5-6,11-16H2;5-6,15,17H,4,7-14,16H2,1-3H3;7,10,15-17,19H,3-6,8-9,11-14H2,1-2H3;4-5,12-15,18H,2-3,6-11H2,1H3/t17-,20?,24-;;;13-,15?,18?/m0..0/s1. The summed E-state index contributed by atoms with van der Waals surface area (Å²) >= 11 is 6.22. The van der Waals surface area contributed by atoms with Gasteiger partial charge in [0, 0.05) is 68.5 Å². The van der Waals surface area contributed by atoms with Gasteiger partial charge in [-0.3, -0.25) is 0 Å². The molecule has 11 nitrogen and oxygen atoms in total. The molecule has 3 unspecified atom stereocenters. The van der Waals surface area contributed by atoms with Gasteiger partial charge < -0.3 is 48.2 Å². The zero-order chi connectivity index (χ0) is 72.9. The minimum atomic E-state index is -4.30. The summed E-state index contributed by atoms with van der Waals surface area (Å²) < 4.78 is 93.9. The summed E-state index contributed by atoms with van der Waals surface area (Å²) in [7, 11) is 6.61. The molecule has 0 aromatic heterocycles. The van der Waals surface area contributed by atoms with Crippen molar-refractivity contribution in [2.45, 2.75) is 216 Å². The monoisotopic (exact) mass is 1460 g/mol. The van der Waals surface area contributed by atoms with Crippen molar-refractivity contribution in [3.63, 3.8) is 0 Å². The lowest BCUT2D eigenvalue weighted by Crippen LogP contribution is -2.47. The van der Waals surface area contributed by atoms with Gasteiger partial charge >= 0.3 is 12.3 Å². The quantitative estimate of drug-likeness (QED) is 0.0840. The van der Waals surface area contributed by atoms with Gasteiger partial charge in [-0.1, -0.05) is 80.6 Å². The largest absolute Gasteiger partial charge is 0.496 e. The zero-order valence-electron chi connectivity index (χ0n) is 63.2. The van der Waals surface area contributed by atoms with Crippen LogP contribution < -0.4 is 14.2 Å². The Hall–Kier alpha value is -5.49. The van der Waals surface area contributed by atoms with E-state index < -0.39 is 17.3 Å². The fourth-order valence-corrected chi connectivity index (χ4v) is 21.0. The van der Waals surface area contributed by atoms with Crippen LogP contribution in [-0.2, 0) is 21.3 Å². The summed E-state index contributed by atoms with van der Waals surface area (Å²) in [5.74, 6) is 8.60. The first-order valence-corrected chi connectivity index (χ1v) is 40.5. The van der Waals surface area contributed by atoms with Gasteiger partial charge in [0.05, 0.1) is 39.1 Å². The van der Waals surface area contributed by atoms with Crippen LogP contribution in [0.1, 0.15) is 214 Å². The van der Waals surface area contributed by atoms with E-state index in [0.717, 1.165) is 166 Å². The number of methoxy groups -OCH3 is 4. The van der Waals surface area contributed by atoms with Crippen LogP contribution in [0.5, 0.6) is 17.2 Å². The number of halogens is 6. The number of alkyl halides is 3. The van der Waals surface area contributed by atoms with Gasteiger partial charge in [0.2, 0.25) is 0 Å². The van der Waals surface area contributed by atoms with E-state index in [-0.39, 0.29) is 23.6 Å². The summed E-state index contributed by atoms with van der Waals surface area (Å²) in [6, 6.07) is 32.7. The summed E-state index contributed by atoms with van der Waals surface area (Å²) in [6.07, 6.45) is 25.8. The third-order valence-electron chi connectivity index (χ3n) is 26.5. The average Bonchev–Trinajstić information content (AvgIpc) is 1.76. The molecular weight excluding hydrogens is 1340 g/mol. The Bertz CT molecular complexity index is 3500. The van der Waals surface area contributed by atoms with Crippen molar-refractivity contribution in [2.24, 2.45) is 35.5 Å². The molecule has 0 radical (unpaired) electrons. The smallest absolute Gasteiger partial charge is 0.416 e. The lowest BCUT2D eigenvalue weighted by atomic mass is 9.81. The van der Waals surface area contributed by atoms with Crippen molar-refractivity contribution in [3.05, 3.63) is 148 Å². The Balaban J connectivity index is 0.000000131. The Morgan fingerprint density at radius 3 is 1.57 bits per heavy atom. The van der Waals surface area contributed by atoms with Crippen LogP contribution in [0.2, 0.25) is 5.02 Å². The molecule has 17 heteroatoms. The number of carbonyl (C=O) groups excluding carboxylic acids is 1. The van der Waals surface area contributed by atoms with Crippen LogP contribution in [0.15, 0.2) is 103 Å².